The van der Waals surface area contributed by atoms with E-state index in [1.54, 1.807) is 0 Å². The first-order valence-corrected chi connectivity index (χ1v) is 5.01. The largest absolute Gasteiger partial charge is 1.00 e. The number of thiol groups is 1. The Bertz CT molecular complexity index is 245. The Hall–Kier alpha value is 1.73. The molecule has 1 unspecified atom stereocenters. The number of thiocarbonyl (C=S) groups is 1. The quantitative estimate of drug-likeness (QED) is 0.269. The second-order valence-electron chi connectivity index (χ2n) is 2.14. The van der Waals surface area contributed by atoms with Crippen LogP contribution in [0.4, 0.5) is 0 Å². The minimum Gasteiger partial charge on any atom is -1.00 e. The van der Waals surface area contributed by atoms with Crippen LogP contribution in [0.1, 0.15) is 15.7 Å². The maximum Gasteiger partial charge on any atom is 1.00 e. The van der Waals surface area contributed by atoms with E-state index in [4.69, 9.17) is 10.2 Å². The molecule has 1 atom stereocenters. The molecule has 0 amide bonds. The molecule has 15 heavy (non-hydrogen) atoms. The summed E-state index contributed by atoms with van der Waals surface area (Å²) in [5, 5.41) is 16.1. The van der Waals surface area contributed by atoms with E-state index in [9.17, 15) is 9.59 Å². The smallest absolute Gasteiger partial charge is 1.00 e. The summed E-state index contributed by atoms with van der Waals surface area (Å²) in [6.07, 6.45) is -0.129. The Morgan fingerprint density at radius 2 is 1.87 bits per heavy atom. The van der Waals surface area contributed by atoms with Crippen LogP contribution in [0.2, 0.25) is 0 Å². The molecule has 0 fully saturated rings. The van der Waals surface area contributed by atoms with Gasteiger partial charge in [-0.05, 0) is 6.42 Å². The number of aliphatic carboxylic acids is 2. The van der Waals surface area contributed by atoms with E-state index in [2.05, 4.69) is 24.8 Å². The van der Waals surface area contributed by atoms with E-state index in [0.717, 1.165) is 11.8 Å². The van der Waals surface area contributed by atoms with Crippen molar-refractivity contribution in [3.05, 3.63) is 0 Å². The predicted molar refractivity (Wildman–Crippen MR) is 59.7 cm³/mol. The van der Waals surface area contributed by atoms with Gasteiger partial charge in [0.1, 0.15) is 8.78 Å². The van der Waals surface area contributed by atoms with Crippen molar-refractivity contribution in [2.75, 3.05) is 0 Å². The Labute approximate surface area is 150 Å². The van der Waals surface area contributed by atoms with Gasteiger partial charge in [-0.1, -0.05) is 24.0 Å². The summed E-state index contributed by atoms with van der Waals surface area (Å²) in [6.45, 7) is 0. The summed E-state index contributed by atoms with van der Waals surface area (Å²) in [5.74, 6) is -2.08. The van der Waals surface area contributed by atoms with E-state index < -0.39 is 17.2 Å². The minimum absolute atomic E-state index is 0. The summed E-state index contributed by atoms with van der Waals surface area (Å²) < 4.78 is 0.206. The van der Waals surface area contributed by atoms with Crippen LogP contribution in [-0.2, 0) is 9.59 Å². The fourth-order valence-corrected chi connectivity index (χ4v) is 1.92. The molecule has 0 aromatic rings. The van der Waals surface area contributed by atoms with Gasteiger partial charge < -0.3 is 13.1 Å². The fourth-order valence-electron chi connectivity index (χ4n) is 0.609. The molecule has 78 valence electrons. The van der Waals surface area contributed by atoms with E-state index in [0.29, 0.717) is 0 Å². The third-order valence-electron chi connectivity index (χ3n) is 1.14. The predicted octanol–water partition coefficient (Wildman–Crippen LogP) is -4.51. The van der Waals surface area contributed by atoms with Crippen LogP contribution in [-0.4, -0.2) is 30.9 Å². The summed E-state index contributed by atoms with van der Waals surface area (Å²) in [4.78, 5) is 20.7. The van der Waals surface area contributed by atoms with Gasteiger partial charge in [0, 0.05) is 6.42 Å². The Morgan fingerprint density at radius 1 is 1.40 bits per heavy atom. The number of carbonyl (C=O) groups is 2. The molecule has 0 radical (unpaired) electrons. The number of thioether (sulfide) groups is 1. The van der Waals surface area contributed by atoms with Crippen LogP contribution >= 0.6 is 36.6 Å². The number of carboxylic acids is 2. The molecule has 9 heteroatoms. The van der Waals surface area contributed by atoms with Crippen LogP contribution in [0, 0.1) is 0 Å². The Balaban J connectivity index is -0.000000120. The van der Waals surface area contributed by atoms with Crippen molar-refractivity contribution < 1.29 is 81.8 Å². The average molecular weight is 288 g/mol. The van der Waals surface area contributed by atoms with E-state index in [-0.39, 0.29) is 78.3 Å². The molecular weight excluding hydrogens is 278 g/mol. The van der Waals surface area contributed by atoms with Gasteiger partial charge in [0.2, 0.25) is 0 Å². The van der Waals surface area contributed by atoms with Crippen LogP contribution in [0.15, 0.2) is 0 Å². The molecule has 0 aliphatic heterocycles. The zero-order valence-corrected chi connectivity index (χ0v) is 15.0. The van der Waals surface area contributed by atoms with Gasteiger partial charge in [-0.25, -0.2) is 0 Å². The third-order valence-corrected chi connectivity index (χ3v) is 2.67. The normalized spacial score (nSPS) is 10.5. The standard InChI is InChI=1S/C6H8O4S3.2Na.2H/c7-4(8)2-1-3(5(9)10)13-6(11)12;;;;/h3H,1-2H2,(H,7,8)(H,9,10)(H,11,12);;;;/q;2*+1;2*-1. The van der Waals surface area contributed by atoms with Gasteiger partial charge in [-0.3, -0.25) is 9.59 Å². The monoisotopic (exact) mass is 288 g/mol. The van der Waals surface area contributed by atoms with Crippen molar-refractivity contribution in [2.24, 2.45) is 0 Å². The van der Waals surface area contributed by atoms with E-state index >= 15 is 0 Å². The Kier molecular flexibility index (Phi) is 17.9. The molecule has 0 rings (SSSR count). The second-order valence-corrected chi connectivity index (χ2v) is 5.08. The van der Waals surface area contributed by atoms with E-state index in [1.807, 2.05) is 0 Å². The first kappa shape index (κ1) is 22.0. The zero-order chi connectivity index (χ0) is 10.4. The molecule has 0 aliphatic carbocycles. The number of carboxylic acid groups (broad SMARTS) is 2. The van der Waals surface area contributed by atoms with Crippen molar-refractivity contribution in [1.29, 1.82) is 0 Å². The maximum absolute atomic E-state index is 10.5. The summed E-state index contributed by atoms with van der Waals surface area (Å²) >= 11 is 9.23. The molecule has 2 N–H and O–H groups in total. The average Bonchev–Trinajstić information content (AvgIpc) is 1.96. The van der Waals surface area contributed by atoms with Crippen molar-refractivity contribution >= 4 is 52.1 Å². The van der Waals surface area contributed by atoms with Crippen molar-refractivity contribution in [1.82, 2.24) is 0 Å². The zero-order valence-electron chi connectivity index (χ0n) is 10.5. The van der Waals surface area contributed by atoms with Gasteiger partial charge in [0.15, 0.2) is 0 Å². The minimum atomic E-state index is -1.07. The molecule has 0 saturated carbocycles. The van der Waals surface area contributed by atoms with E-state index in [1.165, 1.54) is 0 Å². The number of hydrogen-bond acceptors (Lipinski definition) is 4. The van der Waals surface area contributed by atoms with Crippen molar-refractivity contribution in [3.8, 4) is 0 Å². The fraction of sp³-hybridized carbons (Fsp3) is 0.500. The second kappa shape index (κ2) is 12.2. The first-order chi connectivity index (χ1) is 5.93. The first-order valence-electron chi connectivity index (χ1n) is 3.27. The SMILES string of the molecule is O=C(O)CCC(SC(=S)S)C(=O)O.[H-].[H-].[Na+].[Na+]. The van der Waals surface area contributed by atoms with Crippen LogP contribution in [0.25, 0.3) is 0 Å². The molecule has 0 saturated heterocycles. The van der Waals surface area contributed by atoms with Gasteiger partial charge in [0.05, 0.1) is 0 Å². The van der Waals surface area contributed by atoms with Gasteiger partial charge in [-0.15, -0.1) is 12.6 Å². The number of hydrogen-bond donors (Lipinski definition) is 3. The molecule has 0 aromatic heterocycles. The third kappa shape index (κ3) is 13.7. The molecule has 4 nitrogen and oxygen atoms in total. The van der Waals surface area contributed by atoms with Gasteiger partial charge in [-0.2, -0.15) is 0 Å². The van der Waals surface area contributed by atoms with Gasteiger partial charge in [0.25, 0.3) is 0 Å². The molecule has 0 aromatic carbocycles. The summed E-state index contributed by atoms with van der Waals surface area (Å²) in [7, 11) is 0. The topological polar surface area (TPSA) is 74.6 Å². The molecule has 0 spiro atoms. The van der Waals surface area contributed by atoms with Crippen LogP contribution in [0.5, 0.6) is 0 Å². The number of rotatable bonds is 5. The molecule has 0 aliphatic rings. The van der Waals surface area contributed by atoms with Crippen LogP contribution < -0.4 is 59.1 Å². The Morgan fingerprint density at radius 3 is 2.13 bits per heavy atom. The molecular formula is C6H10Na2O4S3. The molecule has 0 heterocycles. The van der Waals surface area contributed by atoms with Gasteiger partial charge >= 0.3 is 71.1 Å². The van der Waals surface area contributed by atoms with Crippen molar-refractivity contribution in [2.45, 2.75) is 18.1 Å². The summed E-state index contributed by atoms with van der Waals surface area (Å²) in [6, 6.07) is 0. The summed E-state index contributed by atoms with van der Waals surface area (Å²) in [5.41, 5.74) is 0. The van der Waals surface area contributed by atoms with Crippen molar-refractivity contribution in [3.63, 3.8) is 0 Å². The van der Waals surface area contributed by atoms with Crippen LogP contribution in [0.3, 0.4) is 0 Å². The molecule has 0 bridgehead atoms. The maximum atomic E-state index is 10.5.